The van der Waals surface area contributed by atoms with Crippen LogP contribution in [0.4, 0.5) is 10.1 Å². The van der Waals surface area contributed by atoms with Crippen molar-refractivity contribution in [1.29, 1.82) is 0 Å². The molecule has 1 atom stereocenters. The maximum absolute atomic E-state index is 12.6. The molecule has 1 aromatic carbocycles. The molecule has 2 rings (SSSR count). The average molecular weight is 208 g/mol. The summed E-state index contributed by atoms with van der Waals surface area (Å²) in [6.07, 6.45) is 3.71. The number of halogens is 1. The molecule has 0 amide bonds. The molecule has 2 N–H and O–H groups in total. The third-order valence-electron chi connectivity index (χ3n) is 2.83. The maximum atomic E-state index is 12.6. The van der Waals surface area contributed by atoms with E-state index in [9.17, 15) is 4.39 Å². The Kier molecular flexibility index (Phi) is 3.56. The van der Waals surface area contributed by atoms with Crippen molar-refractivity contribution in [1.82, 2.24) is 5.32 Å². The first-order valence-electron chi connectivity index (χ1n) is 5.57. The number of rotatable bonds is 4. The van der Waals surface area contributed by atoms with E-state index in [1.807, 2.05) is 0 Å². The van der Waals surface area contributed by atoms with Crippen LogP contribution in [0.2, 0.25) is 0 Å². The van der Waals surface area contributed by atoms with Crippen molar-refractivity contribution in [2.75, 3.05) is 18.4 Å². The van der Waals surface area contributed by atoms with Gasteiger partial charge in [-0.1, -0.05) is 0 Å². The zero-order chi connectivity index (χ0) is 10.5. The third-order valence-corrected chi connectivity index (χ3v) is 2.83. The van der Waals surface area contributed by atoms with Crippen molar-refractivity contribution in [3.63, 3.8) is 0 Å². The standard InChI is InChI=1S/C12H17FN2/c13-10-3-5-12(6-4-10)15-9-7-11-2-1-8-14-11/h3-6,11,14-15H,1-2,7-9H2. The minimum atomic E-state index is -0.182. The predicted octanol–water partition coefficient (Wildman–Crippen LogP) is 2.38. The molecule has 1 unspecified atom stereocenters. The molecule has 15 heavy (non-hydrogen) atoms. The fourth-order valence-corrected chi connectivity index (χ4v) is 1.96. The van der Waals surface area contributed by atoms with Gasteiger partial charge >= 0.3 is 0 Å². The zero-order valence-electron chi connectivity index (χ0n) is 8.80. The molecule has 1 saturated heterocycles. The SMILES string of the molecule is Fc1ccc(NCCC2CCCN2)cc1. The highest BCUT2D eigenvalue weighted by Crippen LogP contribution is 2.11. The van der Waals surface area contributed by atoms with Crippen LogP contribution in [-0.2, 0) is 0 Å². The first kappa shape index (κ1) is 10.4. The molecule has 1 aromatic rings. The lowest BCUT2D eigenvalue weighted by Crippen LogP contribution is -2.24. The van der Waals surface area contributed by atoms with E-state index in [-0.39, 0.29) is 5.82 Å². The summed E-state index contributed by atoms with van der Waals surface area (Å²) in [5.41, 5.74) is 0.995. The molecule has 1 fully saturated rings. The first-order chi connectivity index (χ1) is 7.34. The Balaban J connectivity index is 1.71. The number of hydrogen-bond donors (Lipinski definition) is 2. The second-order valence-corrected chi connectivity index (χ2v) is 4.02. The van der Waals surface area contributed by atoms with Crippen molar-refractivity contribution in [2.45, 2.75) is 25.3 Å². The summed E-state index contributed by atoms with van der Waals surface area (Å²) in [7, 11) is 0. The summed E-state index contributed by atoms with van der Waals surface area (Å²) in [5, 5.41) is 6.74. The van der Waals surface area contributed by atoms with E-state index < -0.39 is 0 Å². The van der Waals surface area contributed by atoms with Crippen LogP contribution in [0.25, 0.3) is 0 Å². The van der Waals surface area contributed by atoms with Crippen LogP contribution in [0.1, 0.15) is 19.3 Å². The topological polar surface area (TPSA) is 24.1 Å². The van der Waals surface area contributed by atoms with Gasteiger partial charge < -0.3 is 10.6 Å². The summed E-state index contributed by atoms with van der Waals surface area (Å²) in [6.45, 7) is 2.10. The monoisotopic (exact) mass is 208 g/mol. The molecule has 0 spiro atoms. The Morgan fingerprint density at radius 2 is 2.13 bits per heavy atom. The van der Waals surface area contributed by atoms with E-state index in [4.69, 9.17) is 0 Å². The van der Waals surface area contributed by atoms with Gasteiger partial charge in [0.2, 0.25) is 0 Å². The fraction of sp³-hybridized carbons (Fsp3) is 0.500. The Bertz CT molecular complexity index is 291. The van der Waals surface area contributed by atoms with Gasteiger partial charge in [-0.15, -0.1) is 0 Å². The van der Waals surface area contributed by atoms with Crippen molar-refractivity contribution >= 4 is 5.69 Å². The van der Waals surface area contributed by atoms with Gasteiger partial charge in [-0.2, -0.15) is 0 Å². The summed E-state index contributed by atoms with van der Waals surface area (Å²) in [4.78, 5) is 0. The predicted molar refractivity (Wildman–Crippen MR) is 60.5 cm³/mol. The lowest BCUT2D eigenvalue weighted by molar-refractivity contribution is 0.574. The smallest absolute Gasteiger partial charge is 0.123 e. The van der Waals surface area contributed by atoms with Gasteiger partial charge in [0.15, 0.2) is 0 Å². The summed E-state index contributed by atoms with van der Waals surface area (Å²) in [6, 6.07) is 7.18. The number of hydrogen-bond acceptors (Lipinski definition) is 2. The van der Waals surface area contributed by atoms with E-state index in [2.05, 4.69) is 10.6 Å². The van der Waals surface area contributed by atoms with E-state index in [0.717, 1.165) is 25.2 Å². The van der Waals surface area contributed by atoms with Crippen molar-refractivity contribution in [3.05, 3.63) is 30.1 Å². The lowest BCUT2D eigenvalue weighted by atomic mass is 10.1. The van der Waals surface area contributed by atoms with E-state index in [1.54, 1.807) is 12.1 Å². The molecule has 1 heterocycles. The van der Waals surface area contributed by atoms with E-state index in [1.165, 1.54) is 25.0 Å². The van der Waals surface area contributed by atoms with Gasteiger partial charge in [-0.25, -0.2) is 4.39 Å². The molecule has 0 aromatic heterocycles. The quantitative estimate of drug-likeness (QED) is 0.793. The molecule has 0 saturated carbocycles. The molecule has 1 aliphatic rings. The number of nitrogens with one attached hydrogen (secondary N) is 2. The molecule has 2 nitrogen and oxygen atoms in total. The minimum absolute atomic E-state index is 0.182. The fourth-order valence-electron chi connectivity index (χ4n) is 1.96. The molecule has 82 valence electrons. The van der Waals surface area contributed by atoms with Crippen LogP contribution in [0, 0.1) is 5.82 Å². The zero-order valence-corrected chi connectivity index (χ0v) is 8.80. The lowest BCUT2D eigenvalue weighted by Gasteiger charge is -2.11. The summed E-state index contributed by atoms with van der Waals surface area (Å²) < 4.78 is 12.6. The molecule has 1 aliphatic heterocycles. The van der Waals surface area contributed by atoms with Gasteiger partial charge in [0.1, 0.15) is 5.82 Å². The normalized spacial score (nSPS) is 20.5. The van der Waals surface area contributed by atoms with Crippen molar-refractivity contribution in [3.8, 4) is 0 Å². The molecular weight excluding hydrogens is 191 g/mol. The average Bonchev–Trinajstić information content (AvgIpc) is 2.74. The minimum Gasteiger partial charge on any atom is -0.385 e. The Morgan fingerprint density at radius 1 is 1.33 bits per heavy atom. The Morgan fingerprint density at radius 3 is 2.80 bits per heavy atom. The molecular formula is C12H17FN2. The van der Waals surface area contributed by atoms with Crippen LogP contribution in [0.15, 0.2) is 24.3 Å². The summed E-state index contributed by atoms with van der Waals surface area (Å²) >= 11 is 0. The van der Waals surface area contributed by atoms with Crippen LogP contribution in [0.5, 0.6) is 0 Å². The van der Waals surface area contributed by atoms with Gasteiger partial charge in [0.25, 0.3) is 0 Å². The number of benzene rings is 1. The van der Waals surface area contributed by atoms with Crippen LogP contribution in [0.3, 0.4) is 0 Å². The molecule has 0 bridgehead atoms. The van der Waals surface area contributed by atoms with Crippen molar-refractivity contribution in [2.24, 2.45) is 0 Å². The van der Waals surface area contributed by atoms with Gasteiger partial charge in [-0.05, 0) is 50.1 Å². The highest BCUT2D eigenvalue weighted by atomic mass is 19.1. The Labute approximate surface area is 89.9 Å². The molecule has 0 aliphatic carbocycles. The second-order valence-electron chi connectivity index (χ2n) is 4.02. The maximum Gasteiger partial charge on any atom is 0.123 e. The van der Waals surface area contributed by atoms with Gasteiger partial charge in [-0.3, -0.25) is 0 Å². The second kappa shape index (κ2) is 5.12. The first-order valence-corrected chi connectivity index (χ1v) is 5.57. The highest BCUT2D eigenvalue weighted by molar-refractivity contribution is 5.42. The van der Waals surface area contributed by atoms with E-state index in [0.29, 0.717) is 6.04 Å². The van der Waals surface area contributed by atoms with Crippen LogP contribution >= 0.6 is 0 Å². The summed E-state index contributed by atoms with van der Waals surface area (Å²) in [5.74, 6) is -0.182. The molecule has 0 radical (unpaired) electrons. The third kappa shape index (κ3) is 3.20. The van der Waals surface area contributed by atoms with Gasteiger partial charge in [0.05, 0.1) is 0 Å². The van der Waals surface area contributed by atoms with Crippen LogP contribution < -0.4 is 10.6 Å². The Hall–Kier alpha value is -1.09. The number of anilines is 1. The largest absolute Gasteiger partial charge is 0.385 e. The van der Waals surface area contributed by atoms with Crippen LogP contribution in [-0.4, -0.2) is 19.1 Å². The van der Waals surface area contributed by atoms with E-state index >= 15 is 0 Å². The highest BCUT2D eigenvalue weighted by Gasteiger charge is 2.12. The van der Waals surface area contributed by atoms with Gasteiger partial charge in [0, 0.05) is 18.3 Å². The molecule has 3 heteroatoms. The van der Waals surface area contributed by atoms with Crippen molar-refractivity contribution < 1.29 is 4.39 Å².